The van der Waals surface area contributed by atoms with Crippen molar-refractivity contribution in [2.75, 3.05) is 22.6 Å². The predicted octanol–water partition coefficient (Wildman–Crippen LogP) is 4.35. The Morgan fingerprint density at radius 1 is 1.19 bits per heavy atom. The third-order valence-corrected chi connectivity index (χ3v) is 5.85. The standard InChI is InChI=1S/C17H18N2S2/c1-2-19-13-21(16-11-7-6-10-15(16)19)12-17(20)18-14-8-4-3-5-9-14/h3-12H,2,13H2,1H3,(H,18,20). The van der Waals surface area contributed by atoms with E-state index in [1.54, 1.807) is 0 Å². The molecule has 2 nitrogen and oxygen atoms in total. The Kier molecular flexibility index (Phi) is 4.36. The lowest BCUT2D eigenvalue weighted by Gasteiger charge is -2.15. The van der Waals surface area contributed by atoms with Crippen LogP contribution in [0.1, 0.15) is 6.92 Å². The van der Waals surface area contributed by atoms with Gasteiger partial charge in [-0.25, -0.2) is 0 Å². The molecule has 0 saturated carbocycles. The summed E-state index contributed by atoms with van der Waals surface area (Å²) in [5.41, 5.74) is 2.39. The average molecular weight is 314 g/mol. The number of fused-ring (bicyclic) bond motifs is 1. The summed E-state index contributed by atoms with van der Waals surface area (Å²) in [4.78, 5) is 4.62. The SMILES string of the molecule is CCN1CS(=CC(=S)Nc2ccccc2)c2ccccc21. The molecule has 2 aromatic carbocycles. The number of para-hydroxylation sites is 2. The van der Waals surface area contributed by atoms with E-state index in [0.29, 0.717) is 0 Å². The molecule has 108 valence electrons. The van der Waals surface area contributed by atoms with Crippen molar-refractivity contribution in [3.63, 3.8) is 0 Å². The summed E-state index contributed by atoms with van der Waals surface area (Å²) >= 11 is 5.50. The fourth-order valence-electron chi connectivity index (χ4n) is 2.43. The number of benzene rings is 2. The number of rotatable bonds is 3. The van der Waals surface area contributed by atoms with E-state index >= 15 is 0 Å². The van der Waals surface area contributed by atoms with E-state index in [4.69, 9.17) is 12.2 Å². The van der Waals surface area contributed by atoms with Gasteiger partial charge >= 0.3 is 0 Å². The van der Waals surface area contributed by atoms with Crippen molar-refractivity contribution in [2.24, 2.45) is 0 Å². The van der Waals surface area contributed by atoms with Gasteiger partial charge in [-0.1, -0.05) is 42.5 Å². The van der Waals surface area contributed by atoms with Gasteiger partial charge in [-0.3, -0.25) is 0 Å². The normalized spacial score (nSPS) is 16.8. The predicted molar refractivity (Wildman–Crippen MR) is 98.9 cm³/mol. The minimum atomic E-state index is 0.0613. The van der Waals surface area contributed by atoms with Crippen LogP contribution in [-0.2, 0) is 0 Å². The molecule has 2 aromatic rings. The highest BCUT2D eigenvalue weighted by Gasteiger charge is 2.20. The second-order valence-corrected chi connectivity index (χ2v) is 7.09. The molecule has 0 bridgehead atoms. The molecule has 1 aliphatic heterocycles. The third-order valence-electron chi connectivity index (χ3n) is 3.46. The van der Waals surface area contributed by atoms with E-state index in [-0.39, 0.29) is 10.5 Å². The molecule has 1 atom stereocenters. The monoisotopic (exact) mass is 314 g/mol. The van der Waals surface area contributed by atoms with Crippen molar-refractivity contribution in [2.45, 2.75) is 11.8 Å². The molecule has 0 spiro atoms. The first-order valence-electron chi connectivity index (χ1n) is 7.02. The van der Waals surface area contributed by atoms with Gasteiger partial charge in [0.15, 0.2) is 0 Å². The van der Waals surface area contributed by atoms with Crippen LogP contribution in [0.25, 0.3) is 0 Å². The van der Waals surface area contributed by atoms with Gasteiger partial charge in [-0.2, -0.15) is 0 Å². The van der Waals surface area contributed by atoms with Gasteiger partial charge in [0.25, 0.3) is 0 Å². The molecule has 0 aliphatic carbocycles. The van der Waals surface area contributed by atoms with Gasteiger partial charge in [0, 0.05) is 22.5 Å². The zero-order chi connectivity index (χ0) is 14.7. The van der Waals surface area contributed by atoms with E-state index in [2.05, 4.69) is 46.8 Å². The van der Waals surface area contributed by atoms with Crippen LogP contribution < -0.4 is 10.2 Å². The Balaban J connectivity index is 1.82. The third kappa shape index (κ3) is 3.17. The molecule has 1 heterocycles. The summed E-state index contributed by atoms with van der Waals surface area (Å²) < 4.78 is 0. The molecule has 1 N–H and O–H groups in total. The second-order valence-electron chi connectivity index (χ2n) is 4.85. The van der Waals surface area contributed by atoms with Gasteiger partial charge in [0.1, 0.15) is 4.99 Å². The van der Waals surface area contributed by atoms with Gasteiger partial charge in [-0.15, -0.1) is 10.5 Å². The lowest BCUT2D eigenvalue weighted by molar-refractivity contribution is 0.951. The highest BCUT2D eigenvalue weighted by Crippen LogP contribution is 2.42. The van der Waals surface area contributed by atoms with Crippen LogP contribution in [-0.4, -0.2) is 22.8 Å². The Morgan fingerprint density at radius 3 is 2.67 bits per heavy atom. The molecule has 1 unspecified atom stereocenters. The highest BCUT2D eigenvalue weighted by atomic mass is 32.2. The van der Waals surface area contributed by atoms with Crippen LogP contribution in [0.15, 0.2) is 59.5 Å². The molecule has 4 heteroatoms. The first-order chi connectivity index (χ1) is 10.3. The minimum absolute atomic E-state index is 0.0613. The van der Waals surface area contributed by atoms with Crippen molar-refractivity contribution in [3.05, 3.63) is 54.6 Å². The zero-order valence-electron chi connectivity index (χ0n) is 12.0. The molecular weight excluding hydrogens is 296 g/mol. The molecule has 21 heavy (non-hydrogen) atoms. The highest BCUT2D eigenvalue weighted by molar-refractivity contribution is 8.17. The van der Waals surface area contributed by atoms with Crippen molar-refractivity contribution in [1.82, 2.24) is 0 Å². The summed E-state index contributed by atoms with van der Waals surface area (Å²) in [7, 11) is 0.0613. The van der Waals surface area contributed by atoms with Gasteiger partial charge in [0.2, 0.25) is 0 Å². The minimum Gasteiger partial charge on any atom is -0.362 e. The molecule has 1 aliphatic rings. The molecule has 0 fully saturated rings. The van der Waals surface area contributed by atoms with E-state index in [9.17, 15) is 0 Å². The maximum Gasteiger partial charge on any atom is 0.109 e. The summed E-state index contributed by atoms with van der Waals surface area (Å²) in [6.45, 7) is 3.23. The van der Waals surface area contributed by atoms with Gasteiger partial charge in [-0.05, 0) is 31.2 Å². The second kappa shape index (κ2) is 6.41. The van der Waals surface area contributed by atoms with Gasteiger partial charge < -0.3 is 10.2 Å². The Bertz CT molecular complexity index is 680. The van der Waals surface area contributed by atoms with E-state index in [1.807, 2.05) is 30.3 Å². The quantitative estimate of drug-likeness (QED) is 0.848. The topological polar surface area (TPSA) is 15.3 Å². The van der Waals surface area contributed by atoms with Crippen LogP contribution in [0, 0.1) is 0 Å². The zero-order valence-corrected chi connectivity index (χ0v) is 13.6. The Hall–Kier alpha value is -1.65. The maximum absolute atomic E-state index is 5.50. The number of nitrogens with zero attached hydrogens (tertiary/aromatic N) is 1. The number of anilines is 2. The lowest BCUT2D eigenvalue weighted by Crippen LogP contribution is -2.18. The molecule has 0 saturated heterocycles. The fraction of sp³-hybridized carbons (Fsp3) is 0.176. The summed E-state index contributed by atoms with van der Waals surface area (Å²) in [5, 5.41) is 5.49. The maximum atomic E-state index is 5.50. The summed E-state index contributed by atoms with van der Waals surface area (Å²) in [5.74, 6) is 1.03. The Morgan fingerprint density at radius 2 is 1.90 bits per heavy atom. The van der Waals surface area contributed by atoms with Crippen LogP contribution in [0.3, 0.4) is 0 Å². The first-order valence-corrected chi connectivity index (χ1v) is 8.89. The lowest BCUT2D eigenvalue weighted by atomic mass is 10.3. The fourth-order valence-corrected chi connectivity index (χ4v) is 4.93. The van der Waals surface area contributed by atoms with Gasteiger partial charge in [0.05, 0.1) is 11.6 Å². The molecule has 0 amide bonds. The van der Waals surface area contributed by atoms with Crippen molar-refractivity contribution >= 4 is 44.4 Å². The Labute approximate surface area is 133 Å². The van der Waals surface area contributed by atoms with Crippen LogP contribution in [0.5, 0.6) is 0 Å². The van der Waals surface area contributed by atoms with E-state index in [1.165, 1.54) is 10.6 Å². The molecule has 3 rings (SSSR count). The van der Waals surface area contributed by atoms with Crippen molar-refractivity contribution in [3.8, 4) is 0 Å². The molecule has 0 aromatic heterocycles. The molecular formula is C17H18N2S2. The largest absolute Gasteiger partial charge is 0.362 e. The first kappa shape index (κ1) is 14.3. The molecule has 0 radical (unpaired) electrons. The average Bonchev–Trinajstić information content (AvgIpc) is 2.86. The van der Waals surface area contributed by atoms with Crippen LogP contribution in [0.4, 0.5) is 11.4 Å². The van der Waals surface area contributed by atoms with E-state index < -0.39 is 0 Å². The summed E-state index contributed by atoms with van der Waals surface area (Å²) in [6, 6.07) is 18.7. The van der Waals surface area contributed by atoms with E-state index in [0.717, 1.165) is 23.1 Å². The summed E-state index contributed by atoms with van der Waals surface area (Å²) in [6.07, 6.45) is 0. The van der Waals surface area contributed by atoms with Crippen molar-refractivity contribution in [1.29, 1.82) is 0 Å². The number of nitrogens with one attached hydrogen (secondary N) is 1. The number of hydrogen-bond donors (Lipinski definition) is 1. The van der Waals surface area contributed by atoms with Crippen LogP contribution in [0.2, 0.25) is 0 Å². The smallest absolute Gasteiger partial charge is 0.109 e. The number of thiocarbonyl (C=S) groups is 1. The van der Waals surface area contributed by atoms with Crippen LogP contribution >= 0.6 is 22.7 Å². The number of hydrogen-bond acceptors (Lipinski definition) is 2. The van der Waals surface area contributed by atoms with Crippen molar-refractivity contribution < 1.29 is 0 Å².